The summed E-state index contributed by atoms with van der Waals surface area (Å²) in [4.78, 5) is 26.3. The zero-order valence-corrected chi connectivity index (χ0v) is 19.3. The molecule has 10 heteroatoms. The van der Waals surface area contributed by atoms with Crippen LogP contribution in [0.4, 0.5) is 18.0 Å². The van der Waals surface area contributed by atoms with E-state index in [-0.39, 0.29) is 31.8 Å². The molecule has 2 saturated heterocycles. The van der Waals surface area contributed by atoms with E-state index in [4.69, 9.17) is 9.47 Å². The molecule has 3 atom stereocenters. The Morgan fingerprint density at radius 3 is 2.59 bits per heavy atom. The molecule has 0 radical (unpaired) electrons. The Morgan fingerprint density at radius 2 is 1.94 bits per heavy atom. The number of hydrogen-bond donors (Lipinski definition) is 2. The van der Waals surface area contributed by atoms with Crippen molar-refractivity contribution in [2.24, 2.45) is 0 Å². The molecule has 1 spiro atoms. The van der Waals surface area contributed by atoms with Gasteiger partial charge >= 0.3 is 12.2 Å². The van der Waals surface area contributed by atoms with Crippen LogP contribution in [0.5, 0.6) is 0 Å². The zero-order chi connectivity index (χ0) is 24.3. The fraction of sp³-hybridized carbons (Fsp3) is 0.667. The van der Waals surface area contributed by atoms with Gasteiger partial charge in [0.05, 0.1) is 30.9 Å². The average Bonchev–Trinajstić information content (AvgIpc) is 3.06. The number of ether oxygens (including phenoxy) is 2. The number of carbonyl (C=O) groups is 2. The van der Waals surface area contributed by atoms with E-state index in [0.717, 1.165) is 25.7 Å². The topological polar surface area (TPSA) is 79.9 Å². The van der Waals surface area contributed by atoms with E-state index >= 15 is 0 Å². The molecule has 4 rings (SSSR count). The number of hydrogen-bond acceptors (Lipinski definition) is 4. The fourth-order valence-corrected chi connectivity index (χ4v) is 5.66. The molecular formula is C24H32F3N3O4. The number of nitrogens with zero attached hydrogens (tertiary/aromatic N) is 1. The van der Waals surface area contributed by atoms with Gasteiger partial charge in [-0.25, -0.2) is 4.79 Å². The molecule has 3 amide bonds. The second-order valence-electron chi connectivity index (χ2n) is 9.66. The first-order valence-electron chi connectivity index (χ1n) is 11.8. The Labute approximate surface area is 197 Å². The van der Waals surface area contributed by atoms with Crippen LogP contribution in [-0.2, 0) is 14.3 Å². The quantitative estimate of drug-likeness (QED) is 0.673. The molecule has 0 unspecified atom stereocenters. The Hall–Kier alpha value is -2.33. The van der Waals surface area contributed by atoms with Gasteiger partial charge in [-0.05, 0) is 50.5 Å². The molecule has 1 saturated carbocycles. The Balaban J connectivity index is 1.42. The molecule has 7 nitrogen and oxygen atoms in total. The van der Waals surface area contributed by atoms with Crippen LogP contribution in [-0.4, -0.2) is 73.1 Å². The van der Waals surface area contributed by atoms with Crippen LogP contribution in [0.3, 0.4) is 0 Å². The second-order valence-corrected chi connectivity index (χ2v) is 9.66. The number of rotatable bonds is 5. The second kappa shape index (κ2) is 10.1. The third kappa shape index (κ3) is 5.66. The third-order valence-electron chi connectivity index (χ3n) is 7.20. The molecule has 2 aliphatic heterocycles. The van der Waals surface area contributed by atoms with E-state index in [2.05, 4.69) is 17.4 Å². The fourth-order valence-electron chi connectivity index (χ4n) is 5.66. The molecule has 0 bridgehead atoms. The highest BCUT2D eigenvalue weighted by Crippen LogP contribution is 2.38. The van der Waals surface area contributed by atoms with Crippen molar-refractivity contribution in [3.05, 3.63) is 35.9 Å². The molecule has 3 fully saturated rings. The first-order valence-corrected chi connectivity index (χ1v) is 11.8. The van der Waals surface area contributed by atoms with Crippen LogP contribution >= 0.6 is 0 Å². The van der Waals surface area contributed by atoms with Crippen LogP contribution < -0.4 is 10.6 Å². The van der Waals surface area contributed by atoms with Gasteiger partial charge in [0.25, 0.3) is 0 Å². The highest BCUT2D eigenvalue weighted by molar-refractivity contribution is 5.80. The number of carbonyl (C=O) groups excluding carboxylic acids is 2. The number of benzene rings is 1. The van der Waals surface area contributed by atoms with Gasteiger partial charge in [-0.15, -0.1) is 0 Å². The number of urea groups is 1. The summed E-state index contributed by atoms with van der Waals surface area (Å²) in [6, 6.07) is 8.51. The lowest BCUT2D eigenvalue weighted by Crippen LogP contribution is -2.65. The van der Waals surface area contributed by atoms with E-state index in [1.54, 1.807) is 6.92 Å². The summed E-state index contributed by atoms with van der Waals surface area (Å²) in [7, 11) is 0. The molecule has 0 aromatic heterocycles. The maximum Gasteiger partial charge on any atom is 0.405 e. The van der Waals surface area contributed by atoms with E-state index in [1.807, 2.05) is 23.5 Å². The molecule has 2 N–H and O–H groups in total. The van der Waals surface area contributed by atoms with Crippen molar-refractivity contribution in [1.29, 1.82) is 0 Å². The van der Waals surface area contributed by atoms with Crippen molar-refractivity contribution < 1.29 is 32.2 Å². The molecule has 2 heterocycles. The smallest absolute Gasteiger partial charge is 0.376 e. The predicted octanol–water partition coefficient (Wildman–Crippen LogP) is 3.35. The van der Waals surface area contributed by atoms with Crippen LogP contribution in [0, 0.1) is 0 Å². The van der Waals surface area contributed by atoms with Gasteiger partial charge in [-0.1, -0.05) is 30.3 Å². The maximum absolute atomic E-state index is 12.8. The number of halogens is 3. The summed E-state index contributed by atoms with van der Waals surface area (Å²) in [5.74, 6) is 0.180. The summed E-state index contributed by atoms with van der Waals surface area (Å²) < 4.78 is 49.8. The number of nitrogens with one attached hydrogen (secondary N) is 2. The predicted molar refractivity (Wildman–Crippen MR) is 118 cm³/mol. The zero-order valence-electron chi connectivity index (χ0n) is 19.3. The summed E-state index contributed by atoms with van der Waals surface area (Å²) in [5, 5.41) is 4.93. The highest BCUT2D eigenvalue weighted by Gasteiger charge is 2.55. The number of morpholine rings is 1. The average molecular weight is 484 g/mol. The lowest BCUT2D eigenvalue weighted by molar-refractivity contribution is -0.137. The van der Waals surface area contributed by atoms with Gasteiger partial charge in [0, 0.05) is 6.04 Å². The van der Waals surface area contributed by atoms with Crippen molar-refractivity contribution >= 4 is 11.9 Å². The molecular weight excluding hydrogens is 451 g/mol. The molecule has 1 aromatic carbocycles. The first kappa shape index (κ1) is 24.8. The molecule has 3 aliphatic rings. The Morgan fingerprint density at radius 1 is 1.24 bits per heavy atom. The van der Waals surface area contributed by atoms with Gasteiger partial charge in [-0.2, -0.15) is 13.2 Å². The first-order chi connectivity index (χ1) is 16.2. The monoisotopic (exact) mass is 483 g/mol. The van der Waals surface area contributed by atoms with E-state index in [0.29, 0.717) is 12.3 Å². The molecule has 34 heavy (non-hydrogen) atoms. The van der Waals surface area contributed by atoms with Crippen LogP contribution in [0.2, 0.25) is 0 Å². The van der Waals surface area contributed by atoms with E-state index in [9.17, 15) is 22.8 Å². The summed E-state index contributed by atoms with van der Waals surface area (Å²) in [6.07, 6.45) is -0.453. The summed E-state index contributed by atoms with van der Waals surface area (Å²) in [6.45, 7) is 0.575. The number of likely N-dealkylation sites (tertiary alicyclic amines) is 1. The Bertz CT molecular complexity index is 861. The minimum Gasteiger partial charge on any atom is -0.376 e. The van der Waals surface area contributed by atoms with Gasteiger partial charge in [0.1, 0.15) is 13.2 Å². The largest absolute Gasteiger partial charge is 0.405 e. The van der Waals surface area contributed by atoms with Gasteiger partial charge in [-0.3, -0.25) is 4.79 Å². The van der Waals surface area contributed by atoms with Gasteiger partial charge in [0.2, 0.25) is 5.91 Å². The number of amides is 3. The van der Waals surface area contributed by atoms with Crippen molar-refractivity contribution in [2.75, 3.05) is 26.4 Å². The third-order valence-corrected chi connectivity index (χ3v) is 7.20. The minimum atomic E-state index is -4.51. The molecule has 1 aromatic rings. The lowest BCUT2D eigenvalue weighted by atomic mass is 9.82. The van der Waals surface area contributed by atoms with Crippen molar-refractivity contribution in [2.45, 2.75) is 74.8 Å². The summed E-state index contributed by atoms with van der Waals surface area (Å²) >= 11 is 0. The van der Waals surface area contributed by atoms with E-state index < -0.39 is 36.4 Å². The SMILES string of the molecule is C[C@@H]1C[C@@]2(COCC(=O)N2)[C@H](COC2CCC(c3ccccc3)CC2)N1C(=O)NCC(F)(F)F. The molecule has 1 aliphatic carbocycles. The van der Waals surface area contributed by atoms with Gasteiger partial charge < -0.3 is 25.0 Å². The van der Waals surface area contributed by atoms with Crippen molar-refractivity contribution in [3.8, 4) is 0 Å². The van der Waals surface area contributed by atoms with Crippen molar-refractivity contribution in [3.63, 3.8) is 0 Å². The molecule has 188 valence electrons. The summed E-state index contributed by atoms with van der Waals surface area (Å²) in [5.41, 5.74) is 0.435. The maximum atomic E-state index is 12.8. The minimum absolute atomic E-state index is 0.00628. The normalized spacial score (nSPS) is 32.0. The standard InChI is InChI=1S/C24H32F3N3O4/c1-16-11-23(15-33-13-21(31)29-23)20(30(16)22(32)28-14-24(25,26)27)12-34-19-9-7-18(8-10-19)17-5-3-2-4-6-17/h2-6,16,18-20H,7-15H2,1H3,(H,28,32)(H,29,31)/t16-,18?,19?,20+,23-/m1/s1. The van der Waals surface area contributed by atoms with E-state index in [1.165, 1.54) is 10.5 Å². The van der Waals surface area contributed by atoms with Crippen molar-refractivity contribution in [1.82, 2.24) is 15.5 Å². The van der Waals surface area contributed by atoms with Gasteiger partial charge in [0.15, 0.2) is 0 Å². The highest BCUT2D eigenvalue weighted by atomic mass is 19.4. The van der Waals surface area contributed by atoms with Crippen LogP contribution in [0.1, 0.15) is 50.5 Å². The van der Waals surface area contributed by atoms with Crippen LogP contribution in [0.25, 0.3) is 0 Å². The number of alkyl halides is 3. The Kier molecular flexibility index (Phi) is 7.37. The van der Waals surface area contributed by atoms with Crippen LogP contribution in [0.15, 0.2) is 30.3 Å². The lowest BCUT2D eigenvalue weighted by Gasteiger charge is -2.41.